The minimum Gasteiger partial charge on any atom is -0.493 e. The van der Waals surface area contributed by atoms with E-state index in [0.717, 1.165) is 56.1 Å². The predicted molar refractivity (Wildman–Crippen MR) is 125 cm³/mol. The highest BCUT2D eigenvalue weighted by molar-refractivity contribution is 5.75. The van der Waals surface area contributed by atoms with Gasteiger partial charge >= 0.3 is 0 Å². The van der Waals surface area contributed by atoms with Crippen LogP contribution < -0.4 is 15.2 Å². The zero-order chi connectivity index (χ0) is 23.3. The molecule has 0 radical (unpaired) electrons. The third-order valence-electron chi connectivity index (χ3n) is 10.6. The van der Waals surface area contributed by atoms with Crippen LogP contribution in [0.2, 0.25) is 0 Å². The fourth-order valence-corrected chi connectivity index (χ4v) is 9.20. The summed E-state index contributed by atoms with van der Waals surface area (Å²) in [6, 6.07) is 4.89. The molecule has 2 unspecified atom stereocenters. The third-order valence-corrected chi connectivity index (χ3v) is 10.6. The van der Waals surface area contributed by atoms with Gasteiger partial charge in [0.15, 0.2) is 11.5 Å². The minimum absolute atomic E-state index is 0.0462. The van der Waals surface area contributed by atoms with Crippen molar-refractivity contribution in [2.75, 3.05) is 40.5 Å². The summed E-state index contributed by atoms with van der Waals surface area (Å²) in [7, 11) is 3.57. The molecule has 8 rings (SSSR count). The summed E-state index contributed by atoms with van der Waals surface area (Å²) in [6.45, 7) is 2.78. The van der Waals surface area contributed by atoms with Crippen molar-refractivity contribution >= 4 is 5.91 Å². The number of methoxy groups -OCH3 is 2. The van der Waals surface area contributed by atoms with Gasteiger partial charge in [-0.15, -0.1) is 0 Å². The Kier molecular flexibility index (Phi) is 4.49. The molecule has 1 aromatic rings. The van der Waals surface area contributed by atoms with E-state index >= 15 is 0 Å². The van der Waals surface area contributed by atoms with Crippen LogP contribution in [-0.2, 0) is 26.1 Å². The van der Waals surface area contributed by atoms with Crippen molar-refractivity contribution in [3.8, 4) is 11.5 Å². The first kappa shape index (κ1) is 21.5. The van der Waals surface area contributed by atoms with Gasteiger partial charge in [0.2, 0.25) is 5.91 Å². The number of nitrogens with two attached hydrogens (primary N) is 1. The summed E-state index contributed by atoms with van der Waals surface area (Å²) in [5.74, 6) is 2.39. The van der Waals surface area contributed by atoms with E-state index in [2.05, 4.69) is 17.0 Å². The van der Waals surface area contributed by atoms with Crippen LogP contribution in [0.1, 0.15) is 49.7 Å². The summed E-state index contributed by atoms with van der Waals surface area (Å²) >= 11 is 0. The van der Waals surface area contributed by atoms with Gasteiger partial charge < -0.3 is 24.7 Å². The van der Waals surface area contributed by atoms with E-state index < -0.39 is 11.5 Å². The van der Waals surface area contributed by atoms with E-state index in [1.807, 2.05) is 7.11 Å². The van der Waals surface area contributed by atoms with E-state index in [1.165, 1.54) is 30.5 Å². The van der Waals surface area contributed by atoms with Gasteiger partial charge in [0.25, 0.3) is 0 Å². The fourth-order valence-electron chi connectivity index (χ4n) is 9.20. The van der Waals surface area contributed by atoms with Crippen LogP contribution in [0.15, 0.2) is 12.1 Å². The molecule has 2 aliphatic heterocycles. The fraction of sp³-hybridized carbons (Fsp3) is 0.741. The summed E-state index contributed by atoms with van der Waals surface area (Å²) in [6.07, 6.45) is 8.02. The van der Waals surface area contributed by atoms with Crippen LogP contribution in [0.5, 0.6) is 11.5 Å². The number of fused-ring (bicyclic) bond motifs is 2. The number of rotatable bonds is 8. The topological polar surface area (TPSA) is 83.2 Å². The van der Waals surface area contributed by atoms with Crippen molar-refractivity contribution in [3.63, 3.8) is 0 Å². The Morgan fingerprint density at radius 3 is 2.82 bits per heavy atom. The standard InChI is InChI=1S/C27H36N2O5/c1-31-19-6-5-17-11-20-25-7-8-27(32-2,18(12-25)14-33-15-21(28)30)24-26(25,22(17)23(19)34-24)9-10-29(20)13-16-3-4-16/h5-6,16,18,20,24H,3-4,7-15H2,1-2H3,(H2,28,30)/t18?,20-,24-,25?,26+,27-/m1/s1. The largest absolute Gasteiger partial charge is 0.493 e. The summed E-state index contributed by atoms with van der Waals surface area (Å²) in [5, 5.41) is 0. The van der Waals surface area contributed by atoms with Gasteiger partial charge in [0, 0.05) is 42.0 Å². The first-order chi connectivity index (χ1) is 16.5. The van der Waals surface area contributed by atoms with Gasteiger partial charge in [-0.25, -0.2) is 0 Å². The van der Waals surface area contributed by atoms with Crippen molar-refractivity contribution in [2.45, 2.75) is 68.1 Å². The van der Waals surface area contributed by atoms with Crippen LogP contribution in [-0.4, -0.2) is 69.1 Å². The number of likely N-dealkylation sites (tertiary alicyclic amines) is 1. The lowest BCUT2D eigenvalue weighted by molar-refractivity contribution is -0.283. The molecule has 4 bridgehead atoms. The minimum atomic E-state index is -0.443. The lowest BCUT2D eigenvalue weighted by Crippen LogP contribution is -2.81. The highest BCUT2D eigenvalue weighted by Crippen LogP contribution is 2.76. The number of amides is 1. The molecule has 184 valence electrons. The smallest absolute Gasteiger partial charge is 0.243 e. The van der Waals surface area contributed by atoms with Crippen LogP contribution in [0, 0.1) is 17.3 Å². The zero-order valence-electron chi connectivity index (χ0n) is 20.3. The molecule has 4 saturated carbocycles. The Bertz CT molecular complexity index is 1040. The van der Waals surface area contributed by atoms with Gasteiger partial charge in [0.1, 0.15) is 18.3 Å². The Hall–Kier alpha value is -1.83. The van der Waals surface area contributed by atoms with Gasteiger partial charge in [-0.3, -0.25) is 9.69 Å². The quantitative estimate of drug-likeness (QED) is 0.631. The first-order valence-electron chi connectivity index (χ1n) is 13.0. The monoisotopic (exact) mass is 468 g/mol. The van der Waals surface area contributed by atoms with E-state index in [9.17, 15) is 4.79 Å². The second-order valence-electron chi connectivity index (χ2n) is 11.7. The van der Waals surface area contributed by atoms with Crippen LogP contribution in [0.3, 0.4) is 0 Å². The Balaban J connectivity index is 1.39. The average Bonchev–Trinajstić information content (AvgIpc) is 3.57. The number of benzene rings is 1. The maximum atomic E-state index is 11.4. The lowest BCUT2D eigenvalue weighted by Gasteiger charge is -2.74. The number of ether oxygens (including phenoxy) is 4. The SMILES string of the molecule is COc1ccc2c3c1O[C@@H]1[C@]34CCN(CC3CC3)[C@H](C2)C42CC[C@@]1(OC)C(COCC(N)=O)C2. The number of hydrogen-bond acceptors (Lipinski definition) is 6. The Labute approximate surface area is 201 Å². The predicted octanol–water partition coefficient (Wildman–Crippen LogP) is 2.42. The normalized spacial score (nSPS) is 41.2. The highest BCUT2D eigenvalue weighted by atomic mass is 16.6. The lowest BCUT2D eigenvalue weighted by atomic mass is 9.35. The maximum absolute atomic E-state index is 11.4. The van der Waals surface area contributed by atoms with E-state index in [0.29, 0.717) is 12.6 Å². The van der Waals surface area contributed by atoms with Gasteiger partial charge in [-0.05, 0) is 69.0 Å². The average molecular weight is 469 g/mol. The second-order valence-corrected chi connectivity index (χ2v) is 11.7. The van der Waals surface area contributed by atoms with Gasteiger partial charge in [-0.2, -0.15) is 0 Å². The molecule has 1 saturated heterocycles. The molecule has 1 aromatic carbocycles. The molecule has 5 fully saturated rings. The van der Waals surface area contributed by atoms with Crippen molar-refractivity contribution in [1.82, 2.24) is 4.90 Å². The van der Waals surface area contributed by atoms with Crippen LogP contribution in [0.25, 0.3) is 0 Å². The van der Waals surface area contributed by atoms with Gasteiger partial charge in [-0.1, -0.05) is 6.07 Å². The molecule has 2 N–H and O–H groups in total. The van der Waals surface area contributed by atoms with Crippen molar-refractivity contribution in [3.05, 3.63) is 23.3 Å². The number of hydrogen-bond donors (Lipinski definition) is 1. The Morgan fingerprint density at radius 1 is 1.24 bits per heavy atom. The first-order valence-corrected chi connectivity index (χ1v) is 13.0. The van der Waals surface area contributed by atoms with Gasteiger partial charge in [0.05, 0.1) is 13.7 Å². The van der Waals surface area contributed by atoms with Crippen LogP contribution in [0.4, 0.5) is 0 Å². The van der Waals surface area contributed by atoms with Crippen molar-refractivity contribution in [2.24, 2.45) is 23.0 Å². The molecule has 0 aromatic heterocycles. The summed E-state index contributed by atoms with van der Waals surface area (Å²) in [4.78, 5) is 14.2. The van der Waals surface area contributed by atoms with Crippen LogP contribution >= 0.6 is 0 Å². The molecule has 2 heterocycles. The van der Waals surface area contributed by atoms with E-state index in [-0.39, 0.29) is 29.5 Å². The number of piperidine rings is 1. The number of carbonyl (C=O) groups excluding carboxylic acids is 1. The molecule has 7 heteroatoms. The molecular formula is C27H36N2O5. The van der Waals surface area contributed by atoms with Crippen molar-refractivity contribution < 1.29 is 23.7 Å². The molecule has 5 aliphatic carbocycles. The second kappa shape index (κ2) is 7.11. The number of nitrogens with zero attached hydrogens (tertiary/aromatic N) is 1. The Morgan fingerprint density at radius 2 is 2.09 bits per heavy atom. The summed E-state index contributed by atoms with van der Waals surface area (Å²) in [5.41, 5.74) is 7.87. The molecule has 6 atom stereocenters. The highest BCUT2D eigenvalue weighted by Gasteiger charge is 2.80. The molecule has 2 spiro atoms. The third kappa shape index (κ3) is 2.46. The molecular weight excluding hydrogens is 432 g/mol. The number of primary amides is 1. The van der Waals surface area contributed by atoms with E-state index in [4.69, 9.17) is 24.7 Å². The number of carbonyl (C=O) groups is 1. The van der Waals surface area contributed by atoms with Crippen molar-refractivity contribution in [1.29, 1.82) is 0 Å². The van der Waals surface area contributed by atoms with E-state index in [1.54, 1.807) is 7.11 Å². The zero-order valence-corrected chi connectivity index (χ0v) is 20.3. The molecule has 7 nitrogen and oxygen atoms in total. The maximum Gasteiger partial charge on any atom is 0.243 e. The molecule has 1 amide bonds. The molecule has 7 aliphatic rings. The molecule has 34 heavy (non-hydrogen) atoms. The summed E-state index contributed by atoms with van der Waals surface area (Å²) < 4.78 is 25.1.